The topological polar surface area (TPSA) is 64.0 Å². The summed E-state index contributed by atoms with van der Waals surface area (Å²) in [5, 5.41) is 0. The van der Waals surface area contributed by atoms with Crippen LogP contribution in [0.5, 0.6) is 5.75 Å². The second-order valence-electron chi connectivity index (χ2n) is 8.87. The number of aromatic nitrogens is 1. The second-order valence-corrected chi connectivity index (χ2v) is 9.79. The third kappa shape index (κ3) is 8.47. The summed E-state index contributed by atoms with van der Waals surface area (Å²) in [5.74, 6) is 0.387. The molecule has 0 atom stereocenters. The van der Waals surface area contributed by atoms with Crippen molar-refractivity contribution in [3.05, 3.63) is 88.2 Å². The molecule has 8 heteroatoms. The Kier molecular flexibility index (Phi) is 11.2. The summed E-state index contributed by atoms with van der Waals surface area (Å²) in [4.78, 5) is 30.2. The molecule has 0 bridgehead atoms. The molecule has 0 saturated heterocycles. The van der Waals surface area contributed by atoms with Gasteiger partial charge in [-0.05, 0) is 60.5 Å². The van der Waals surface area contributed by atoms with E-state index >= 15 is 0 Å². The fourth-order valence-corrected chi connectivity index (χ4v) is 4.27. The number of hydrogen-bond acceptors (Lipinski definition) is 4. The maximum atomic E-state index is 13.5. The maximum absolute atomic E-state index is 13.5. The molecule has 1 heterocycles. The summed E-state index contributed by atoms with van der Waals surface area (Å²) < 4.78 is 13.6. The summed E-state index contributed by atoms with van der Waals surface area (Å²) in [5.41, 5.74) is 2.74. The van der Waals surface area contributed by atoms with Crippen molar-refractivity contribution in [3.8, 4) is 5.75 Å². The number of carbonyl (C=O) groups is 2. The van der Waals surface area contributed by atoms with Crippen molar-refractivity contribution < 1.29 is 19.1 Å². The minimum atomic E-state index is -0.206. The zero-order valence-corrected chi connectivity index (χ0v) is 23.4. The summed E-state index contributed by atoms with van der Waals surface area (Å²) >= 11 is 3.48. The number of rotatable bonds is 14. The SMILES string of the molecule is CCCCN(Cc1cccn1Cc1ccc(Br)cc1)C(=O)CN(CCOC)C(=O)c1ccc(OC)cc1. The first-order valence-corrected chi connectivity index (χ1v) is 13.3. The van der Waals surface area contributed by atoms with E-state index in [1.165, 1.54) is 5.56 Å². The lowest BCUT2D eigenvalue weighted by Gasteiger charge is -2.28. The third-order valence-electron chi connectivity index (χ3n) is 6.19. The van der Waals surface area contributed by atoms with Crippen LogP contribution in [-0.4, -0.2) is 66.6 Å². The zero-order valence-electron chi connectivity index (χ0n) is 21.9. The number of methoxy groups -OCH3 is 2. The number of hydrogen-bond donors (Lipinski definition) is 0. The van der Waals surface area contributed by atoms with Gasteiger partial charge in [-0.1, -0.05) is 41.4 Å². The van der Waals surface area contributed by atoms with Crippen LogP contribution < -0.4 is 4.74 Å². The van der Waals surface area contributed by atoms with Crippen LogP contribution in [0.25, 0.3) is 0 Å². The van der Waals surface area contributed by atoms with Crippen LogP contribution in [0.15, 0.2) is 71.3 Å². The first-order valence-electron chi connectivity index (χ1n) is 12.5. The average Bonchev–Trinajstić information content (AvgIpc) is 3.35. The molecule has 2 aromatic carbocycles. The molecule has 3 rings (SSSR count). The highest BCUT2D eigenvalue weighted by atomic mass is 79.9. The normalized spacial score (nSPS) is 10.8. The quantitative estimate of drug-likeness (QED) is 0.267. The highest BCUT2D eigenvalue weighted by Gasteiger charge is 2.23. The molecule has 0 aliphatic rings. The Morgan fingerprint density at radius 2 is 1.68 bits per heavy atom. The third-order valence-corrected chi connectivity index (χ3v) is 6.72. The molecular weight excluding hydrogens is 534 g/mol. The standard InChI is InChI=1S/C29H36BrN3O4/c1-4-5-16-32(21-26-7-6-17-31(26)20-23-8-12-25(30)13-9-23)28(34)22-33(18-19-36-2)29(35)24-10-14-27(37-3)15-11-24/h6-15,17H,4-5,16,18-22H2,1-3H3. The summed E-state index contributed by atoms with van der Waals surface area (Å²) in [6.07, 6.45) is 3.91. The van der Waals surface area contributed by atoms with Crippen LogP contribution in [0.2, 0.25) is 0 Å². The van der Waals surface area contributed by atoms with Crippen LogP contribution in [0.3, 0.4) is 0 Å². The molecular formula is C29H36BrN3O4. The van der Waals surface area contributed by atoms with E-state index in [9.17, 15) is 9.59 Å². The van der Waals surface area contributed by atoms with Crippen molar-refractivity contribution in [1.82, 2.24) is 14.4 Å². The lowest BCUT2D eigenvalue weighted by atomic mass is 10.2. The molecule has 198 valence electrons. The van der Waals surface area contributed by atoms with E-state index in [1.54, 1.807) is 43.4 Å². The van der Waals surface area contributed by atoms with Crippen molar-refractivity contribution in [1.29, 1.82) is 0 Å². The van der Waals surface area contributed by atoms with Crippen molar-refractivity contribution in [2.75, 3.05) is 40.5 Å². The highest BCUT2D eigenvalue weighted by molar-refractivity contribution is 9.10. The Morgan fingerprint density at radius 1 is 0.946 bits per heavy atom. The van der Waals surface area contributed by atoms with E-state index in [-0.39, 0.29) is 18.4 Å². The first kappa shape index (κ1) is 28.5. The van der Waals surface area contributed by atoms with E-state index < -0.39 is 0 Å². The highest BCUT2D eigenvalue weighted by Crippen LogP contribution is 2.16. The Morgan fingerprint density at radius 3 is 2.32 bits per heavy atom. The van der Waals surface area contributed by atoms with E-state index in [0.717, 1.165) is 29.6 Å². The van der Waals surface area contributed by atoms with Gasteiger partial charge in [0.25, 0.3) is 5.91 Å². The van der Waals surface area contributed by atoms with E-state index in [0.29, 0.717) is 37.6 Å². The monoisotopic (exact) mass is 569 g/mol. The van der Waals surface area contributed by atoms with E-state index in [1.807, 2.05) is 29.3 Å². The summed E-state index contributed by atoms with van der Waals surface area (Å²) in [6, 6.07) is 19.2. The van der Waals surface area contributed by atoms with Gasteiger partial charge in [0.2, 0.25) is 5.91 Å². The molecule has 37 heavy (non-hydrogen) atoms. The molecule has 0 N–H and O–H groups in total. The van der Waals surface area contributed by atoms with Gasteiger partial charge in [0.15, 0.2) is 0 Å². The van der Waals surface area contributed by atoms with Gasteiger partial charge in [0.05, 0.1) is 20.3 Å². The first-order chi connectivity index (χ1) is 17.9. The molecule has 7 nitrogen and oxygen atoms in total. The number of ether oxygens (including phenoxy) is 2. The molecule has 1 aromatic heterocycles. The van der Waals surface area contributed by atoms with Gasteiger partial charge in [-0.2, -0.15) is 0 Å². The number of amides is 2. The van der Waals surface area contributed by atoms with Gasteiger partial charge in [-0.25, -0.2) is 0 Å². The van der Waals surface area contributed by atoms with Crippen molar-refractivity contribution in [3.63, 3.8) is 0 Å². The largest absolute Gasteiger partial charge is 0.497 e. The van der Waals surface area contributed by atoms with Gasteiger partial charge in [0, 0.05) is 48.7 Å². The lowest BCUT2D eigenvalue weighted by molar-refractivity contribution is -0.132. The smallest absolute Gasteiger partial charge is 0.254 e. The van der Waals surface area contributed by atoms with Crippen molar-refractivity contribution in [2.45, 2.75) is 32.9 Å². The maximum Gasteiger partial charge on any atom is 0.254 e. The van der Waals surface area contributed by atoms with Crippen LogP contribution in [0, 0.1) is 0 Å². The van der Waals surface area contributed by atoms with Crippen LogP contribution in [0.1, 0.15) is 41.4 Å². The second kappa shape index (κ2) is 14.6. The van der Waals surface area contributed by atoms with Gasteiger partial charge in [0.1, 0.15) is 12.3 Å². The van der Waals surface area contributed by atoms with Gasteiger partial charge in [-0.3, -0.25) is 9.59 Å². The predicted molar refractivity (Wildman–Crippen MR) is 149 cm³/mol. The predicted octanol–water partition coefficient (Wildman–Crippen LogP) is 5.23. The minimum Gasteiger partial charge on any atom is -0.497 e. The number of unbranched alkanes of at least 4 members (excludes halogenated alkanes) is 1. The minimum absolute atomic E-state index is 0.00857. The Hall–Kier alpha value is -3.10. The molecule has 0 aliphatic carbocycles. The molecule has 0 spiro atoms. The van der Waals surface area contributed by atoms with Crippen molar-refractivity contribution >= 4 is 27.7 Å². The summed E-state index contributed by atoms with van der Waals surface area (Å²) in [7, 11) is 3.17. The lowest BCUT2D eigenvalue weighted by Crippen LogP contribution is -2.44. The van der Waals surface area contributed by atoms with Crippen LogP contribution in [-0.2, 0) is 22.6 Å². The Bertz CT molecular complexity index is 1130. The molecule has 2 amide bonds. The Balaban J connectivity index is 1.75. The fourth-order valence-electron chi connectivity index (χ4n) is 4.00. The number of nitrogens with zero attached hydrogens (tertiary/aromatic N) is 3. The van der Waals surface area contributed by atoms with Gasteiger partial charge in [-0.15, -0.1) is 0 Å². The summed E-state index contributed by atoms with van der Waals surface area (Å²) in [6.45, 7) is 4.61. The average molecular weight is 571 g/mol. The molecule has 0 unspecified atom stereocenters. The molecule has 0 fully saturated rings. The van der Waals surface area contributed by atoms with Crippen molar-refractivity contribution in [2.24, 2.45) is 0 Å². The van der Waals surface area contributed by atoms with Gasteiger partial charge >= 0.3 is 0 Å². The fraction of sp³-hybridized carbons (Fsp3) is 0.379. The Labute approximate surface area is 228 Å². The van der Waals surface area contributed by atoms with E-state index in [2.05, 4.69) is 45.6 Å². The molecule has 3 aromatic rings. The molecule has 0 aliphatic heterocycles. The van der Waals surface area contributed by atoms with Crippen LogP contribution >= 0.6 is 15.9 Å². The zero-order chi connectivity index (χ0) is 26.6. The molecule has 0 radical (unpaired) electrons. The number of benzene rings is 2. The van der Waals surface area contributed by atoms with E-state index in [4.69, 9.17) is 9.47 Å². The van der Waals surface area contributed by atoms with Crippen LogP contribution in [0.4, 0.5) is 0 Å². The van der Waals surface area contributed by atoms with Gasteiger partial charge < -0.3 is 23.8 Å². The number of halogens is 1. The molecule has 0 saturated carbocycles. The number of carbonyl (C=O) groups excluding carboxylic acids is 2.